The highest BCUT2D eigenvalue weighted by atomic mass is 32.2. The van der Waals surface area contributed by atoms with E-state index in [0.29, 0.717) is 9.90 Å². The van der Waals surface area contributed by atoms with Gasteiger partial charge in [0, 0.05) is 30.8 Å². The molecule has 0 saturated carbocycles. The third-order valence-corrected chi connectivity index (χ3v) is 6.13. The predicted octanol–water partition coefficient (Wildman–Crippen LogP) is 3.14. The summed E-state index contributed by atoms with van der Waals surface area (Å²) in [6, 6.07) is 11.8. The fraction of sp³-hybridized carbons (Fsp3) is 0.118. The quantitative estimate of drug-likeness (QED) is 0.568. The number of rotatable bonds is 3. The highest BCUT2D eigenvalue weighted by molar-refractivity contribution is 7.86. The Labute approximate surface area is 144 Å². The average Bonchev–Trinajstić information content (AvgIpc) is 3.18. The van der Waals surface area contributed by atoms with Crippen LogP contribution in [0.15, 0.2) is 47.1 Å². The van der Waals surface area contributed by atoms with Crippen molar-refractivity contribution in [2.24, 2.45) is 0 Å². The number of pyridine rings is 1. The number of nitriles is 1. The highest BCUT2D eigenvalue weighted by Gasteiger charge is 2.09. The maximum absolute atomic E-state index is 11.6. The Bertz CT molecular complexity index is 1140. The second-order valence-electron chi connectivity index (χ2n) is 5.42. The first-order chi connectivity index (χ1) is 11.6. The van der Waals surface area contributed by atoms with Crippen molar-refractivity contribution in [1.29, 1.82) is 5.26 Å². The smallest absolute Gasteiger partial charge is 0.181 e. The third kappa shape index (κ3) is 2.60. The third-order valence-electron chi connectivity index (χ3n) is 3.78. The molecule has 4 rings (SSSR count). The maximum atomic E-state index is 11.6. The molecule has 3 aromatic heterocycles. The number of nitrogens with zero attached hydrogens (tertiary/aromatic N) is 4. The molecule has 3 heterocycles. The summed E-state index contributed by atoms with van der Waals surface area (Å²) in [5.74, 6) is 0. The van der Waals surface area contributed by atoms with Crippen molar-refractivity contribution in [3.63, 3.8) is 0 Å². The van der Waals surface area contributed by atoms with Crippen molar-refractivity contribution < 1.29 is 4.21 Å². The van der Waals surface area contributed by atoms with Crippen molar-refractivity contribution >= 4 is 38.0 Å². The molecule has 0 aliphatic carbocycles. The van der Waals surface area contributed by atoms with E-state index in [-0.39, 0.29) is 0 Å². The first-order valence-electron chi connectivity index (χ1n) is 7.23. The van der Waals surface area contributed by atoms with E-state index in [1.165, 1.54) is 11.3 Å². The Balaban J connectivity index is 1.71. The number of aromatic nitrogens is 3. The maximum Gasteiger partial charge on any atom is 0.181 e. The summed E-state index contributed by atoms with van der Waals surface area (Å²) in [4.78, 5) is 8.76. The van der Waals surface area contributed by atoms with Crippen LogP contribution in [0.3, 0.4) is 0 Å². The average molecular weight is 352 g/mol. The lowest BCUT2D eigenvalue weighted by molar-refractivity contribution is 0.686. The summed E-state index contributed by atoms with van der Waals surface area (Å²) in [5.41, 5.74) is 4.45. The Morgan fingerprint density at radius 1 is 1.33 bits per heavy atom. The van der Waals surface area contributed by atoms with Crippen molar-refractivity contribution in [3.8, 4) is 6.07 Å². The lowest BCUT2D eigenvalue weighted by Gasteiger charge is -2.02. The van der Waals surface area contributed by atoms with Gasteiger partial charge >= 0.3 is 0 Å². The van der Waals surface area contributed by atoms with E-state index >= 15 is 0 Å². The topological polar surface area (TPSA) is 71.0 Å². The minimum atomic E-state index is -1.05. The van der Waals surface area contributed by atoms with Crippen LogP contribution in [0.25, 0.3) is 15.9 Å². The second-order valence-corrected chi connectivity index (χ2v) is 8.00. The Hall–Kier alpha value is -2.56. The zero-order valence-corrected chi connectivity index (χ0v) is 14.4. The van der Waals surface area contributed by atoms with Gasteiger partial charge in [-0.2, -0.15) is 5.26 Å². The number of hydrogen-bond donors (Lipinski definition) is 0. The van der Waals surface area contributed by atoms with Crippen molar-refractivity contribution in [3.05, 3.63) is 59.5 Å². The second kappa shape index (κ2) is 5.82. The van der Waals surface area contributed by atoms with Gasteiger partial charge in [0.05, 0.1) is 32.6 Å². The van der Waals surface area contributed by atoms with E-state index in [2.05, 4.69) is 22.1 Å². The van der Waals surface area contributed by atoms with Gasteiger partial charge in [0.1, 0.15) is 5.65 Å². The van der Waals surface area contributed by atoms with E-state index < -0.39 is 10.8 Å². The van der Waals surface area contributed by atoms with Gasteiger partial charge < -0.3 is 4.40 Å². The van der Waals surface area contributed by atoms with Crippen molar-refractivity contribution in [1.82, 2.24) is 14.4 Å². The zero-order valence-electron chi connectivity index (χ0n) is 12.8. The van der Waals surface area contributed by atoms with Gasteiger partial charge in [0.15, 0.2) is 4.34 Å². The van der Waals surface area contributed by atoms with Gasteiger partial charge in [-0.15, -0.1) is 11.3 Å². The van der Waals surface area contributed by atoms with Gasteiger partial charge in [-0.05, 0) is 29.8 Å². The van der Waals surface area contributed by atoms with Crippen LogP contribution < -0.4 is 0 Å². The van der Waals surface area contributed by atoms with Gasteiger partial charge in [0.2, 0.25) is 0 Å². The lowest BCUT2D eigenvalue weighted by atomic mass is 10.1. The molecule has 0 saturated heterocycles. The van der Waals surface area contributed by atoms with Crippen molar-refractivity contribution in [2.45, 2.75) is 10.8 Å². The lowest BCUT2D eigenvalue weighted by Crippen LogP contribution is -1.94. The largest absolute Gasteiger partial charge is 0.304 e. The Kier molecular flexibility index (Phi) is 3.63. The molecule has 0 N–H and O–H groups in total. The van der Waals surface area contributed by atoms with Gasteiger partial charge in [0.25, 0.3) is 0 Å². The molecule has 1 aromatic carbocycles. The number of hydrogen-bond acceptors (Lipinski definition) is 5. The highest BCUT2D eigenvalue weighted by Crippen LogP contribution is 2.26. The number of thiazole rings is 1. The van der Waals surface area contributed by atoms with Crippen molar-refractivity contribution in [2.75, 3.05) is 6.26 Å². The molecule has 1 atom stereocenters. The summed E-state index contributed by atoms with van der Waals surface area (Å²) in [5, 5.41) is 8.97. The molecular weight excluding hydrogens is 340 g/mol. The SMILES string of the molecule is CS(=O)c1nc2ccc(Cc3cnc4cc(C#N)ccn34)cc2s1. The van der Waals surface area contributed by atoms with E-state index in [1.54, 1.807) is 18.4 Å². The molecule has 0 aliphatic heterocycles. The molecule has 0 radical (unpaired) electrons. The molecule has 118 valence electrons. The molecule has 4 aromatic rings. The Morgan fingerprint density at radius 2 is 2.21 bits per heavy atom. The molecule has 0 aliphatic rings. The molecule has 0 amide bonds. The van der Waals surface area contributed by atoms with Crippen LogP contribution in [-0.2, 0) is 17.2 Å². The molecule has 5 nitrogen and oxygen atoms in total. The van der Waals surface area contributed by atoms with Crippen LogP contribution in [0.5, 0.6) is 0 Å². The molecule has 0 fully saturated rings. The first-order valence-corrected chi connectivity index (χ1v) is 9.60. The van der Waals surface area contributed by atoms with Crippen LogP contribution in [0.4, 0.5) is 0 Å². The fourth-order valence-electron chi connectivity index (χ4n) is 2.62. The number of benzene rings is 1. The fourth-order valence-corrected chi connectivity index (χ4v) is 4.35. The molecule has 24 heavy (non-hydrogen) atoms. The van der Waals surface area contributed by atoms with Gasteiger partial charge in [-0.1, -0.05) is 6.07 Å². The molecule has 1 unspecified atom stereocenters. The van der Waals surface area contributed by atoms with Crippen LogP contribution in [-0.4, -0.2) is 24.8 Å². The van der Waals surface area contributed by atoms with Crippen LogP contribution in [0.1, 0.15) is 16.8 Å². The van der Waals surface area contributed by atoms with E-state index in [4.69, 9.17) is 5.26 Å². The normalized spacial score (nSPS) is 12.5. The van der Waals surface area contributed by atoms with Crippen LogP contribution in [0, 0.1) is 11.3 Å². The van der Waals surface area contributed by atoms with Crippen LogP contribution >= 0.6 is 11.3 Å². The molecule has 7 heteroatoms. The number of fused-ring (bicyclic) bond motifs is 2. The zero-order chi connectivity index (χ0) is 16.7. The first kappa shape index (κ1) is 15.0. The monoisotopic (exact) mass is 352 g/mol. The minimum absolute atomic E-state index is 0.603. The molecular formula is C17H12N4OS2. The summed E-state index contributed by atoms with van der Waals surface area (Å²) in [6.07, 6.45) is 6.08. The van der Waals surface area contributed by atoms with E-state index in [0.717, 1.165) is 33.5 Å². The Morgan fingerprint density at radius 3 is 3.00 bits per heavy atom. The molecule has 0 bridgehead atoms. The number of imidazole rings is 1. The summed E-state index contributed by atoms with van der Waals surface area (Å²) < 4.78 is 15.3. The predicted molar refractivity (Wildman–Crippen MR) is 94.7 cm³/mol. The van der Waals surface area contributed by atoms with Gasteiger partial charge in [-0.3, -0.25) is 4.21 Å². The molecule has 0 spiro atoms. The van der Waals surface area contributed by atoms with E-state index in [9.17, 15) is 4.21 Å². The summed E-state index contributed by atoms with van der Waals surface area (Å²) in [6.45, 7) is 0. The standard InChI is InChI=1S/C17H12N4OS2/c1-24(22)17-20-14-3-2-11(7-15(14)23-17)6-13-10-19-16-8-12(9-18)4-5-21(13)16/h2-5,7-8,10H,6H2,1H3. The summed E-state index contributed by atoms with van der Waals surface area (Å²) in [7, 11) is -1.05. The van der Waals surface area contributed by atoms with Gasteiger partial charge in [-0.25, -0.2) is 9.97 Å². The summed E-state index contributed by atoms with van der Waals surface area (Å²) >= 11 is 1.47. The van der Waals surface area contributed by atoms with E-state index in [1.807, 2.05) is 28.9 Å². The minimum Gasteiger partial charge on any atom is -0.304 e. The van der Waals surface area contributed by atoms with Crippen LogP contribution in [0.2, 0.25) is 0 Å².